The van der Waals surface area contributed by atoms with Gasteiger partial charge in [0.05, 0.1) is 5.75 Å². The molecule has 0 saturated heterocycles. The lowest BCUT2D eigenvalue weighted by Gasteiger charge is -1.86. The molecule has 0 atom stereocenters. The van der Waals surface area contributed by atoms with Gasteiger partial charge in [0.1, 0.15) is 0 Å². The number of sulfone groups is 1. The lowest BCUT2D eigenvalue weighted by atomic mass is 10.6. The summed E-state index contributed by atoms with van der Waals surface area (Å²) < 4.78 is 20.5. The Kier molecular flexibility index (Phi) is 2.68. The molecule has 0 aromatic heterocycles. The van der Waals surface area contributed by atoms with Gasteiger partial charge in [0.15, 0.2) is 0 Å². The van der Waals surface area contributed by atoms with E-state index in [4.69, 9.17) is 0 Å². The van der Waals surface area contributed by atoms with E-state index < -0.39 is 9.84 Å². The first kappa shape index (κ1) is 7.62. The smallest absolute Gasteiger partial charge is 0.234 e. The highest BCUT2D eigenvalue weighted by Gasteiger charge is 2.03. The zero-order valence-corrected chi connectivity index (χ0v) is 5.44. The molecular formula is C4H8O3S. The molecule has 0 heterocycles. The van der Waals surface area contributed by atoms with Crippen molar-refractivity contribution in [1.29, 1.82) is 0 Å². The average molecular weight is 136 g/mol. The Bertz CT molecular complexity index is 156. The van der Waals surface area contributed by atoms with Gasteiger partial charge < -0.3 is 0 Å². The minimum Gasteiger partial charge on any atom is -0.285 e. The molecule has 0 unspecified atom stereocenters. The largest absolute Gasteiger partial charge is 0.285 e. The molecule has 0 rings (SSSR count). The van der Waals surface area contributed by atoms with Crippen LogP contribution in [-0.4, -0.2) is 19.8 Å². The van der Waals surface area contributed by atoms with Crippen LogP contribution in [0.25, 0.3) is 0 Å². The van der Waals surface area contributed by atoms with Crippen LogP contribution in [0.4, 0.5) is 0 Å². The quantitative estimate of drug-likeness (QED) is 0.513. The summed E-state index contributed by atoms with van der Waals surface area (Å²) in [6.45, 7) is 1.71. The molecule has 0 fully saturated rings. The van der Waals surface area contributed by atoms with Crippen molar-refractivity contribution in [3.63, 3.8) is 0 Å². The molecule has 0 aromatic carbocycles. The van der Waals surface area contributed by atoms with Crippen LogP contribution < -0.4 is 0 Å². The predicted molar refractivity (Wildman–Crippen MR) is 30.8 cm³/mol. The molecule has 0 aliphatic carbocycles. The van der Waals surface area contributed by atoms with Crippen LogP contribution in [-0.2, 0) is 14.6 Å². The second kappa shape index (κ2) is 2.81. The van der Waals surface area contributed by atoms with Gasteiger partial charge in [0.2, 0.25) is 15.5 Å². The molecule has 4 heteroatoms. The maximum atomic E-state index is 10.2. The minimum atomic E-state index is -3.35. The van der Waals surface area contributed by atoms with E-state index in [1.54, 1.807) is 6.92 Å². The van der Waals surface area contributed by atoms with Crippen LogP contribution >= 0.6 is 0 Å². The normalized spacial score (nSPS) is 11.1. The summed E-state index contributed by atoms with van der Waals surface area (Å²) in [5.41, 5.74) is -0.00347. The zero-order chi connectivity index (χ0) is 6.62. The van der Waals surface area contributed by atoms with Crippen molar-refractivity contribution in [2.45, 2.75) is 13.3 Å². The second-order valence-electron chi connectivity index (χ2n) is 1.46. The summed E-state index contributed by atoms with van der Waals surface area (Å²) in [6, 6.07) is 0. The van der Waals surface area contributed by atoms with E-state index in [1.165, 1.54) is 0 Å². The molecule has 0 aliphatic rings. The summed E-state index contributed by atoms with van der Waals surface area (Å²) in [5.74, 6) is -0.0313. The maximum absolute atomic E-state index is 10.2. The first-order chi connectivity index (χ1) is 3.62. The van der Waals surface area contributed by atoms with E-state index in [0.29, 0.717) is 6.42 Å². The van der Waals surface area contributed by atoms with Gasteiger partial charge in [0.25, 0.3) is 0 Å². The zero-order valence-electron chi connectivity index (χ0n) is 4.62. The van der Waals surface area contributed by atoms with Gasteiger partial charge in [-0.2, -0.15) is 0 Å². The second-order valence-corrected chi connectivity index (χ2v) is 3.39. The maximum Gasteiger partial charge on any atom is 0.234 e. The van der Waals surface area contributed by atoms with Crippen LogP contribution in [0.15, 0.2) is 0 Å². The fourth-order valence-corrected chi connectivity index (χ4v) is 0.998. The highest BCUT2D eigenvalue weighted by atomic mass is 32.2. The summed E-state index contributed by atoms with van der Waals surface area (Å²) >= 11 is 0. The van der Waals surface area contributed by atoms with Crippen molar-refractivity contribution >= 4 is 15.5 Å². The molecule has 8 heavy (non-hydrogen) atoms. The first-order valence-corrected chi connectivity index (χ1v) is 4.02. The first-order valence-electron chi connectivity index (χ1n) is 2.30. The Balaban J connectivity index is 3.95. The van der Waals surface area contributed by atoms with Gasteiger partial charge in [-0.1, -0.05) is 6.92 Å². The summed E-state index contributed by atoms with van der Waals surface area (Å²) in [6.07, 6.45) is 0.501. The summed E-state index contributed by atoms with van der Waals surface area (Å²) in [4.78, 5) is 9.63. The van der Waals surface area contributed by atoms with Gasteiger partial charge in [0, 0.05) is 0 Å². The van der Waals surface area contributed by atoms with Crippen LogP contribution in [0, 0.1) is 0 Å². The van der Waals surface area contributed by atoms with Crippen LogP contribution in [0.1, 0.15) is 13.3 Å². The Hall–Kier alpha value is -0.380. The number of hydrogen-bond acceptors (Lipinski definition) is 3. The van der Waals surface area contributed by atoms with E-state index in [1.807, 2.05) is 0 Å². The van der Waals surface area contributed by atoms with Gasteiger partial charge in [-0.3, -0.25) is 4.79 Å². The molecular weight excluding hydrogens is 128 g/mol. The van der Waals surface area contributed by atoms with E-state index in [2.05, 4.69) is 0 Å². The van der Waals surface area contributed by atoms with Crippen LogP contribution in [0.2, 0.25) is 0 Å². The fraction of sp³-hybridized carbons (Fsp3) is 0.750. The number of carbonyl (C=O) groups excluding carboxylic acids is 1. The predicted octanol–water partition coefficient (Wildman–Crippen LogP) is 0.00140. The van der Waals surface area contributed by atoms with Gasteiger partial charge in [-0.25, -0.2) is 8.42 Å². The Morgan fingerprint density at radius 1 is 1.50 bits per heavy atom. The van der Waals surface area contributed by atoms with Gasteiger partial charge in [-0.15, -0.1) is 0 Å². The summed E-state index contributed by atoms with van der Waals surface area (Å²) in [5, 5.41) is 0. The molecule has 0 amide bonds. The average Bonchev–Trinajstić information content (AvgIpc) is 1.67. The van der Waals surface area contributed by atoms with Crippen molar-refractivity contribution in [3.8, 4) is 0 Å². The number of carbonyl (C=O) groups is 1. The highest BCUT2D eigenvalue weighted by molar-refractivity contribution is 8.04. The van der Waals surface area contributed by atoms with Crippen molar-refractivity contribution in [3.05, 3.63) is 0 Å². The monoisotopic (exact) mass is 136 g/mol. The number of hydrogen-bond donors (Lipinski definition) is 0. The molecule has 48 valence electrons. The molecule has 0 bridgehead atoms. The van der Waals surface area contributed by atoms with Gasteiger partial charge >= 0.3 is 0 Å². The molecule has 0 N–H and O–H groups in total. The third-order valence-corrected chi connectivity index (χ3v) is 1.91. The standard InChI is InChI=1S/C4H8O3S/c1-2-3-8(6,7)4-5/h4H,2-3H2,1H3. The lowest BCUT2D eigenvalue weighted by Crippen LogP contribution is -2.04. The Morgan fingerprint density at radius 2 is 2.00 bits per heavy atom. The van der Waals surface area contributed by atoms with Crippen LogP contribution in [0.5, 0.6) is 0 Å². The van der Waals surface area contributed by atoms with Crippen molar-refractivity contribution in [2.24, 2.45) is 0 Å². The third-order valence-electron chi connectivity index (χ3n) is 0.635. The third kappa shape index (κ3) is 2.74. The Morgan fingerprint density at radius 3 is 2.12 bits per heavy atom. The minimum absolute atomic E-state index is 0.00347. The van der Waals surface area contributed by atoms with Crippen molar-refractivity contribution < 1.29 is 13.2 Å². The summed E-state index contributed by atoms with van der Waals surface area (Å²) in [7, 11) is -3.35. The topological polar surface area (TPSA) is 51.2 Å². The molecule has 0 aromatic rings. The molecule has 0 aliphatic heterocycles. The molecule has 0 saturated carbocycles. The van der Waals surface area contributed by atoms with E-state index in [0.717, 1.165) is 0 Å². The SMILES string of the molecule is CCCS(=O)(=O)C=O. The van der Waals surface area contributed by atoms with E-state index >= 15 is 0 Å². The molecule has 0 spiro atoms. The van der Waals surface area contributed by atoms with E-state index in [-0.39, 0.29) is 11.4 Å². The molecule has 0 radical (unpaired) electrons. The van der Waals surface area contributed by atoms with Gasteiger partial charge in [-0.05, 0) is 6.42 Å². The lowest BCUT2D eigenvalue weighted by molar-refractivity contribution is 0.556. The highest BCUT2D eigenvalue weighted by Crippen LogP contribution is 1.85. The molecule has 3 nitrogen and oxygen atoms in total. The fourth-order valence-electron chi connectivity index (χ4n) is 0.333. The van der Waals surface area contributed by atoms with Crippen molar-refractivity contribution in [1.82, 2.24) is 0 Å². The van der Waals surface area contributed by atoms with Crippen molar-refractivity contribution in [2.75, 3.05) is 5.75 Å². The van der Waals surface area contributed by atoms with Crippen LogP contribution in [0.3, 0.4) is 0 Å². The number of rotatable bonds is 3. The Labute approximate surface area is 48.6 Å². The van der Waals surface area contributed by atoms with E-state index in [9.17, 15) is 13.2 Å².